The van der Waals surface area contributed by atoms with Gasteiger partial charge in [0.05, 0.1) is 6.04 Å². The molecule has 3 nitrogen and oxygen atoms in total. The predicted molar refractivity (Wildman–Crippen MR) is 50.7 cm³/mol. The number of carbonyl (C=O) groups excluding carboxylic acids is 1. The number of hydrogen-bond donors (Lipinski definition) is 1. The molecule has 3 heteroatoms. The molecule has 0 radical (unpaired) electrons. The molecular weight excluding hydrogens is 152 g/mol. The summed E-state index contributed by atoms with van der Waals surface area (Å²) in [4.78, 5) is 13.0. The molecule has 1 unspecified atom stereocenters. The molecule has 0 aromatic rings. The van der Waals surface area contributed by atoms with E-state index in [0.29, 0.717) is 5.92 Å². The van der Waals surface area contributed by atoms with Gasteiger partial charge in [-0.05, 0) is 12.8 Å². The fourth-order valence-corrected chi connectivity index (χ4v) is 1.03. The molecule has 0 spiro atoms. The Morgan fingerprint density at radius 2 is 2.00 bits per heavy atom. The Balaban J connectivity index is 3.86. The topological polar surface area (TPSA) is 46.3 Å². The van der Waals surface area contributed by atoms with Crippen LogP contribution in [0.5, 0.6) is 0 Å². The lowest BCUT2D eigenvalue weighted by Gasteiger charge is -2.22. The van der Waals surface area contributed by atoms with Crippen molar-refractivity contribution in [1.29, 1.82) is 0 Å². The fraction of sp³-hybridized carbons (Fsp3) is 0.889. The summed E-state index contributed by atoms with van der Waals surface area (Å²) < 4.78 is 0. The molecule has 0 heterocycles. The summed E-state index contributed by atoms with van der Waals surface area (Å²) in [5.41, 5.74) is 5.46. The molecule has 1 amide bonds. The maximum absolute atomic E-state index is 11.3. The zero-order valence-electron chi connectivity index (χ0n) is 8.50. The molecule has 0 rings (SSSR count). The van der Waals surface area contributed by atoms with Crippen LogP contribution in [0, 0.1) is 5.92 Å². The van der Waals surface area contributed by atoms with Gasteiger partial charge >= 0.3 is 0 Å². The first-order chi connectivity index (χ1) is 5.49. The van der Waals surface area contributed by atoms with Gasteiger partial charge in [-0.25, -0.2) is 0 Å². The van der Waals surface area contributed by atoms with Crippen molar-refractivity contribution in [3.8, 4) is 0 Å². The van der Waals surface area contributed by atoms with Crippen molar-refractivity contribution in [2.45, 2.75) is 33.2 Å². The van der Waals surface area contributed by atoms with Crippen LogP contribution >= 0.6 is 0 Å². The van der Waals surface area contributed by atoms with E-state index in [-0.39, 0.29) is 11.9 Å². The molecule has 0 saturated carbocycles. The van der Waals surface area contributed by atoms with Crippen LogP contribution in [0.25, 0.3) is 0 Å². The second kappa shape index (κ2) is 5.14. The first kappa shape index (κ1) is 11.4. The van der Waals surface area contributed by atoms with Crippen molar-refractivity contribution in [3.05, 3.63) is 0 Å². The zero-order valence-corrected chi connectivity index (χ0v) is 8.50. The third-order valence-corrected chi connectivity index (χ3v) is 2.05. The Kier molecular flexibility index (Phi) is 4.90. The third kappa shape index (κ3) is 3.72. The number of likely N-dealkylation sites (N-methyl/N-ethyl adjacent to an activating group) is 1. The average Bonchev–Trinajstić information content (AvgIpc) is 2.02. The number of carbonyl (C=O) groups is 1. The van der Waals surface area contributed by atoms with Gasteiger partial charge in [-0.2, -0.15) is 0 Å². The van der Waals surface area contributed by atoms with E-state index in [1.54, 1.807) is 18.9 Å². The van der Waals surface area contributed by atoms with E-state index < -0.39 is 0 Å². The van der Waals surface area contributed by atoms with Gasteiger partial charge in [0.2, 0.25) is 5.91 Å². The lowest BCUT2D eigenvalue weighted by molar-refractivity contribution is -0.131. The highest BCUT2D eigenvalue weighted by Crippen LogP contribution is 2.03. The third-order valence-electron chi connectivity index (χ3n) is 2.05. The van der Waals surface area contributed by atoms with E-state index in [0.717, 1.165) is 13.0 Å². The quantitative estimate of drug-likeness (QED) is 0.683. The lowest BCUT2D eigenvalue weighted by Crippen LogP contribution is -2.41. The summed E-state index contributed by atoms with van der Waals surface area (Å²) in [6.45, 7) is 6.77. The van der Waals surface area contributed by atoms with E-state index in [2.05, 4.69) is 13.8 Å². The maximum Gasteiger partial charge on any atom is 0.238 e. The van der Waals surface area contributed by atoms with Gasteiger partial charge in [-0.1, -0.05) is 20.3 Å². The van der Waals surface area contributed by atoms with E-state index >= 15 is 0 Å². The SMILES string of the molecule is CCC(C)CN(C)C(=O)[C@@H](C)N. The molecule has 0 saturated heterocycles. The zero-order chi connectivity index (χ0) is 9.72. The van der Waals surface area contributed by atoms with Gasteiger partial charge in [0.15, 0.2) is 0 Å². The highest BCUT2D eigenvalue weighted by atomic mass is 16.2. The monoisotopic (exact) mass is 172 g/mol. The molecule has 12 heavy (non-hydrogen) atoms. The maximum atomic E-state index is 11.3. The Morgan fingerprint density at radius 1 is 1.50 bits per heavy atom. The van der Waals surface area contributed by atoms with Crippen LogP contribution in [-0.2, 0) is 4.79 Å². The van der Waals surface area contributed by atoms with Crippen molar-refractivity contribution in [2.75, 3.05) is 13.6 Å². The summed E-state index contributed by atoms with van der Waals surface area (Å²) >= 11 is 0. The molecule has 2 atom stereocenters. The second-order valence-corrected chi connectivity index (χ2v) is 3.52. The van der Waals surface area contributed by atoms with Crippen LogP contribution in [0.15, 0.2) is 0 Å². The van der Waals surface area contributed by atoms with Crippen molar-refractivity contribution in [2.24, 2.45) is 11.7 Å². The molecule has 2 N–H and O–H groups in total. The van der Waals surface area contributed by atoms with E-state index in [9.17, 15) is 4.79 Å². The number of hydrogen-bond acceptors (Lipinski definition) is 2. The van der Waals surface area contributed by atoms with Crippen LogP contribution in [0.2, 0.25) is 0 Å². The molecule has 0 bridgehead atoms. The van der Waals surface area contributed by atoms with Crippen LogP contribution in [0.1, 0.15) is 27.2 Å². The van der Waals surface area contributed by atoms with Crippen molar-refractivity contribution in [3.63, 3.8) is 0 Å². The molecule has 0 aromatic heterocycles. The average molecular weight is 172 g/mol. The van der Waals surface area contributed by atoms with E-state index in [1.807, 2.05) is 0 Å². The lowest BCUT2D eigenvalue weighted by atomic mass is 10.1. The summed E-state index contributed by atoms with van der Waals surface area (Å²) in [7, 11) is 1.80. The molecular formula is C9H20N2O. The molecule has 0 aliphatic heterocycles. The fourth-order valence-electron chi connectivity index (χ4n) is 1.03. The van der Waals surface area contributed by atoms with Crippen LogP contribution in [0.3, 0.4) is 0 Å². The van der Waals surface area contributed by atoms with E-state index in [4.69, 9.17) is 5.73 Å². The standard InChI is InChI=1S/C9H20N2O/c1-5-7(2)6-11(4)9(12)8(3)10/h7-8H,5-6,10H2,1-4H3/t7?,8-/m1/s1. The summed E-state index contributed by atoms with van der Waals surface area (Å²) in [5.74, 6) is 0.577. The van der Waals surface area contributed by atoms with Crippen LogP contribution in [-0.4, -0.2) is 30.4 Å². The minimum Gasteiger partial charge on any atom is -0.344 e. The molecule has 0 aliphatic carbocycles. The summed E-state index contributed by atoms with van der Waals surface area (Å²) in [6.07, 6.45) is 1.09. The van der Waals surface area contributed by atoms with Gasteiger partial charge in [-0.3, -0.25) is 4.79 Å². The van der Waals surface area contributed by atoms with Gasteiger partial charge in [0, 0.05) is 13.6 Å². The van der Waals surface area contributed by atoms with Gasteiger partial charge in [0.1, 0.15) is 0 Å². The highest BCUT2D eigenvalue weighted by molar-refractivity contribution is 5.80. The predicted octanol–water partition coefficient (Wildman–Crippen LogP) is 0.838. The largest absolute Gasteiger partial charge is 0.344 e. The van der Waals surface area contributed by atoms with Crippen molar-refractivity contribution < 1.29 is 4.79 Å². The van der Waals surface area contributed by atoms with Crippen molar-refractivity contribution in [1.82, 2.24) is 4.90 Å². The van der Waals surface area contributed by atoms with Crippen LogP contribution in [0.4, 0.5) is 0 Å². The first-order valence-corrected chi connectivity index (χ1v) is 4.49. The second-order valence-electron chi connectivity index (χ2n) is 3.52. The van der Waals surface area contributed by atoms with Gasteiger partial charge < -0.3 is 10.6 Å². The molecule has 72 valence electrons. The summed E-state index contributed by atoms with van der Waals surface area (Å²) in [5, 5.41) is 0. The Bertz CT molecular complexity index is 145. The Morgan fingerprint density at radius 3 is 2.33 bits per heavy atom. The number of nitrogens with zero attached hydrogens (tertiary/aromatic N) is 1. The van der Waals surface area contributed by atoms with Gasteiger partial charge in [0.25, 0.3) is 0 Å². The Labute approximate surface area is 74.9 Å². The normalized spacial score (nSPS) is 15.4. The Hall–Kier alpha value is -0.570. The highest BCUT2D eigenvalue weighted by Gasteiger charge is 2.14. The summed E-state index contributed by atoms with van der Waals surface area (Å²) in [6, 6.07) is -0.376. The van der Waals surface area contributed by atoms with Crippen LogP contribution < -0.4 is 5.73 Å². The van der Waals surface area contributed by atoms with Gasteiger partial charge in [-0.15, -0.1) is 0 Å². The number of nitrogens with two attached hydrogens (primary N) is 1. The molecule has 0 aliphatic rings. The molecule has 0 fully saturated rings. The smallest absolute Gasteiger partial charge is 0.238 e. The minimum atomic E-state index is -0.376. The van der Waals surface area contributed by atoms with E-state index in [1.165, 1.54) is 0 Å². The molecule has 0 aromatic carbocycles. The van der Waals surface area contributed by atoms with Crippen molar-refractivity contribution >= 4 is 5.91 Å². The minimum absolute atomic E-state index is 0.0234. The number of rotatable bonds is 4. The first-order valence-electron chi connectivity index (χ1n) is 4.49. The number of amides is 1.